The highest BCUT2D eigenvalue weighted by atomic mass is 16.6. The number of benzene rings is 1. The third-order valence-electron chi connectivity index (χ3n) is 9.79. The number of hydrogen-bond acceptors (Lipinski definition) is 18. The molecule has 23 heteroatoms. The molecule has 2 rings (SSSR count). The average Bonchev–Trinajstić information content (AvgIpc) is 3.75. The van der Waals surface area contributed by atoms with Crippen molar-refractivity contribution < 1.29 is 67.8 Å². The summed E-state index contributed by atoms with van der Waals surface area (Å²) in [6, 6.07) is 2.85. The summed E-state index contributed by atoms with van der Waals surface area (Å²) in [6.07, 6.45) is 1.97. The Labute approximate surface area is 393 Å². The van der Waals surface area contributed by atoms with Crippen LogP contribution >= 0.6 is 0 Å². The van der Waals surface area contributed by atoms with Gasteiger partial charge in [0.15, 0.2) is 0 Å². The number of ether oxygens (including phenoxy) is 7. The Balaban J connectivity index is 1.54. The Kier molecular flexibility index (Phi) is 31.0. The molecule has 2 aromatic rings. The molecule has 0 radical (unpaired) electrons. The van der Waals surface area contributed by atoms with Crippen molar-refractivity contribution in [3.63, 3.8) is 0 Å². The zero-order valence-electron chi connectivity index (χ0n) is 39.9. The SMILES string of the molecule is COc1cc(C(C)OC(=O)NCC(O)COCCOCC(O)CNCC(C)O)c([N+](=O)[O-])cc1CCCCC(=O)NCCOCCOCCOCCn1cc(CCCCNC(=O)C(C)C)nn1. The second-order valence-electron chi connectivity index (χ2n) is 16.1. The molecule has 0 aliphatic carbocycles. The van der Waals surface area contributed by atoms with Crippen molar-refractivity contribution in [2.45, 2.75) is 104 Å². The molecule has 0 saturated heterocycles. The number of methoxy groups -OCH3 is 1. The molecule has 1 aromatic carbocycles. The highest BCUT2D eigenvalue weighted by Crippen LogP contribution is 2.35. The first-order valence-corrected chi connectivity index (χ1v) is 23.1. The van der Waals surface area contributed by atoms with E-state index in [1.807, 2.05) is 20.0 Å². The minimum Gasteiger partial charge on any atom is -0.496 e. The van der Waals surface area contributed by atoms with Crippen LogP contribution in [0.3, 0.4) is 0 Å². The number of carbonyl (C=O) groups excluding carboxylic acids is 3. The first-order valence-electron chi connectivity index (χ1n) is 23.1. The van der Waals surface area contributed by atoms with Crippen LogP contribution in [-0.2, 0) is 57.4 Å². The number of aromatic nitrogens is 3. The topological polar surface area (TPSA) is 298 Å². The highest BCUT2D eigenvalue weighted by Gasteiger charge is 2.25. The van der Waals surface area contributed by atoms with Gasteiger partial charge in [0, 0.05) is 62.9 Å². The van der Waals surface area contributed by atoms with E-state index in [-0.39, 0.29) is 74.9 Å². The summed E-state index contributed by atoms with van der Waals surface area (Å²) in [5.74, 6) is 0.290. The minimum absolute atomic E-state index is 0.0103. The molecule has 0 fully saturated rings. The fourth-order valence-electron chi connectivity index (χ4n) is 6.16. The predicted molar refractivity (Wildman–Crippen MR) is 245 cm³/mol. The summed E-state index contributed by atoms with van der Waals surface area (Å²) in [6.45, 7) is 11.5. The number of nitrogens with one attached hydrogen (secondary N) is 4. The number of carbonyl (C=O) groups is 3. The number of amides is 3. The van der Waals surface area contributed by atoms with Crippen molar-refractivity contribution in [3.05, 3.63) is 45.3 Å². The van der Waals surface area contributed by atoms with Gasteiger partial charge in [-0.15, -0.1) is 5.10 Å². The Morgan fingerprint density at radius 3 is 2.06 bits per heavy atom. The molecule has 0 bridgehead atoms. The standard InChI is InChI=1S/C44H76N8O15/c1-32(2)43(57)47-13-9-8-11-36-29-51(50-49-36)15-17-63-19-21-64-20-18-62-16-14-46-42(56)12-7-6-10-35-24-40(52(59)60)39(25-41(35)61-5)34(4)67-44(58)48-28-38(55)31-66-23-22-65-30-37(54)27-45-26-33(3)53/h24-25,29,32-34,37-38,45,53-55H,6-23,26-28,30-31H2,1-5H3,(H,46,56)(H,47,57)(H,48,58). The van der Waals surface area contributed by atoms with Crippen molar-refractivity contribution in [2.24, 2.45) is 5.92 Å². The molecule has 7 N–H and O–H groups in total. The maximum Gasteiger partial charge on any atom is 0.407 e. The van der Waals surface area contributed by atoms with Gasteiger partial charge >= 0.3 is 6.09 Å². The van der Waals surface area contributed by atoms with Gasteiger partial charge in [0.25, 0.3) is 5.69 Å². The van der Waals surface area contributed by atoms with Gasteiger partial charge in [-0.2, -0.15) is 0 Å². The van der Waals surface area contributed by atoms with Crippen LogP contribution in [0.2, 0.25) is 0 Å². The van der Waals surface area contributed by atoms with Crippen LogP contribution in [0.25, 0.3) is 0 Å². The van der Waals surface area contributed by atoms with E-state index in [0.29, 0.717) is 96.4 Å². The summed E-state index contributed by atoms with van der Waals surface area (Å²) >= 11 is 0. The van der Waals surface area contributed by atoms with Crippen LogP contribution in [0.1, 0.15) is 82.7 Å². The van der Waals surface area contributed by atoms with E-state index < -0.39 is 35.4 Å². The smallest absolute Gasteiger partial charge is 0.407 e. The van der Waals surface area contributed by atoms with Gasteiger partial charge in [-0.25, -0.2) is 9.48 Å². The predicted octanol–water partition coefficient (Wildman–Crippen LogP) is 1.38. The number of aliphatic hydroxyl groups is 3. The monoisotopic (exact) mass is 957 g/mol. The normalized spacial score (nSPS) is 13.2. The Bertz CT molecular complexity index is 1690. The molecule has 67 heavy (non-hydrogen) atoms. The van der Waals surface area contributed by atoms with E-state index in [9.17, 15) is 39.8 Å². The van der Waals surface area contributed by atoms with Gasteiger partial charge in [0.2, 0.25) is 11.8 Å². The van der Waals surface area contributed by atoms with Gasteiger partial charge in [-0.3, -0.25) is 19.7 Å². The maximum atomic E-state index is 12.5. The molecular formula is C44H76N8O15. The van der Waals surface area contributed by atoms with Crippen LogP contribution in [0.15, 0.2) is 18.3 Å². The third kappa shape index (κ3) is 27.7. The van der Waals surface area contributed by atoms with Crippen LogP contribution in [-0.4, -0.2) is 177 Å². The van der Waals surface area contributed by atoms with Crippen molar-refractivity contribution in [3.8, 4) is 5.75 Å². The Hall–Kier alpha value is -4.59. The molecule has 4 unspecified atom stereocenters. The lowest BCUT2D eigenvalue weighted by atomic mass is 10.00. The molecule has 1 aromatic heterocycles. The van der Waals surface area contributed by atoms with Crippen molar-refractivity contribution >= 4 is 23.6 Å². The molecule has 382 valence electrons. The Morgan fingerprint density at radius 1 is 0.761 bits per heavy atom. The molecular weight excluding hydrogens is 881 g/mol. The fourth-order valence-corrected chi connectivity index (χ4v) is 6.16. The van der Waals surface area contributed by atoms with E-state index in [1.54, 1.807) is 11.6 Å². The molecule has 0 saturated carbocycles. The van der Waals surface area contributed by atoms with Crippen LogP contribution in [0.4, 0.5) is 10.5 Å². The number of nitrogens with zero attached hydrogens (tertiary/aromatic N) is 4. The number of nitro groups is 1. The van der Waals surface area contributed by atoms with Crippen LogP contribution < -0.4 is 26.0 Å². The van der Waals surface area contributed by atoms with Crippen LogP contribution in [0.5, 0.6) is 5.75 Å². The summed E-state index contributed by atoms with van der Waals surface area (Å²) in [5, 5.41) is 60.6. The Morgan fingerprint density at radius 2 is 1.40 bits per heavy atom. The van der Waals surface area contributed by atoms with Gasteiger partial charge in [0.1, 0.15) is 11.9 Å². The summed E-state index contributed by atoms with van der Waals surface area (Å²) in [7, 11) is 1.43. The quantitative estimate of drug-likeness (QED) is 0.0282. The zero-order chi connectivity index (χ0) is 49.2. The van der Waals surface area contributed by atoms with Crippen molar-refractivity contribution in [1.82, 2.24) is 36.3 Å². The third-order valence-corrected chi connectivity index (χ3v) is 9.79. The van der Waals surface area contributed by atoms with Crippen LogP contribution in [0, 0.1) is 16.0 Å². The second-order valence-corrected chi connectivity index (χ2v) is 16.1. The lowest BCUT2D eigenvalue weighted by Gasteiger charge is -2.18. The number of hydrogen-bond donors (Lipinski definition) is 7. The van der Waals surface area contributed by atoms with Gasteiger partial charge in [-0.05, 0) is 58.4 Å². The first kappa shape index (κ1) is 58.5. The number of aliphatic hydroxyl groups excluding tert-OH is 3. The lowest BCUT2D eigenvalue weighted by Crippen LogP contribution is -2.36. The van der Waals surface area contributed by atoms with E-state index in [2.05, 4.69) is 31.6 Å². The second kappa shape index (κ2) is 35.5. The number of nitro benzene ring substituents is 1. The molecule has 0 aliphatic heterocycles. The number of rotatable bonds is 40. The zero-order valence-corrected chi connectivity index (χ0v) is 39.9. The minimum atomic E-state index is -1.07. The van der Waals surface area contributed by atoms with Gasteiger partial charge in [-0.1, -0.05) is 19.1 Å². The molecule has 0 spiro atoms. The van der Waals surface area contributed by atoms with Crippen molar-refractivity contribution in [1.29, 1.82) is 0 Å². The molecule has 4 atom stereocenters. The molecule has 1 heterocycles. The number of unbranched alkanes of at least 4 members (excludes halogenated alkanes) is 2. The van der Waals surface area contributed by atoms with Crippen molar-refractivity contribution in [2.75, 3.05) is 106 Å². The molecule has 3 amide bonds. The first-order chi connectivity index (χ1) is 32.2. The fraction of sp³-hybridized carbons (Fsp3) is 0.750. The average molecular weight is 957 g/mol. The maximum absolute atomic E-state index is 12.5. The molecule has 23 nitrogen and oxygen atoms in total. The number of alkyl carbamates (subject to hydrolysis) is 1. The van der Waals surface area contributed by atoms with E-state index >= 15 is 0 Å². The summed E-state index contributed by atoms with van der Waals surface area (Å²) in [4.78, 5) is 48.0. The lowest BCUT2D eigenvalue weighted by molar-refractivity contribution is -0.386. The largest absolute Gasteiger partial charge is 0.496 e. The van der Waals surface area contributed by atoms with E-state index in [4.69, 9.17) is 33.2 Å². The highest BCUT2D eigenvalue weighted by molar-refractivity contribution is 5.77. The van der Waals surface area contributed by atoms with E-state index in [1.165, 1.54) is 26.2 Å². The summed E-state index contributed by atoms with van der Waals surface area (Å²) < 4.78 is 40.0. The van der Waals surface area contributed by atoms with Gasteiger partial charge in [0.05, 0.1) is 114 Å². The number of aryl methyl sites for hydroxylation is 2. The van der Waals surface area contributed by atoms with Gasteiger partial charge < -0.3 is 69.7 Å². The van der Waals surface area contributed by atoms with E-state index in [0.717, 1.165) is 25.0 Å². The molecule has 0 aliphatic rings. The summed E-state index contributed by atoms with van der Waals surface area (Å²) in [5.41, 5.74) is 1.35.